The molecule has 0 aliphatic carbocycles. The van der Waals surface area contributed by atoms with Crippen LogP contribution in [0.4, 0.5) is 0 Å². The second-order valence-electron chi connectivity index (χ2n) is 6.12. The number of ether oxygens (including phenoxy) is 1. The molecule has 1 aromatic rings. The first kappa shape index (κ1) is 18.2. The van der Waals surface area contributed by atoms with Crippen molar-refractivity contribution in [2.75, 3.05) is 26.7 Å². The van der Waals surface area contributed by atoms with Gasteiger partial charge in [-0.1, -0.05) is 43.1 Å². The van der Waals surface area contributed by atoms with Crippen molar-refractivity contribution in [2.45, 2.75) is 44.8 Å². The quantitative estimate of drug-likeness (QED) is 0.829. The normalized spacial score (nSPS) is 17.0. The number of methoxy groups -OCH3 is 1. The average Bonchev–Trinajstić information content (AvgIpc) is 2.60. The highest BCUT2D eigenvalue weighted by molar-refractivity contribution is 6.31. The van der Waals surface area contributed by atoms with Crippen molar-refractivity contribution in [1.82, 2.24) is 10.2 Å². The number of hydrogen-bond donors (Lipinski definition) is 1. The number of amides is 1. The number of hydrogen-bond acceptors (Lipinski definition) is 3. The number of benzene rings is 1. The van der Waals surface area contributed by atoms with Gasteiger partial charge >= 0.3 is 0 Å². The molecule has 0 unspecified atom stereocenters. The fraction of sp³-hybridized carbons (Fsp3) is 0.611. The van der Waals surface area contributed by atoms with Gasteiger partial charge < -0.3 is 15.0 Å². The van der Waals surface area contributed by atoms with Crippen molar-refractivity contribution in [3.63, 3.8) is 0 Å². The molecule has 1 saturated heterocycles. The molecule has 0 atom stereocenters. The molecule has 0 bridgehead atoms. The SMILES string of the molecule is CCCCN(Cc1ccccc1Cl)C(=O)C1(OC)CCNCC1. The number of unbranched alkanes of at least 4 members (excludes halogenated alkanes) is 1. The highest BCUT2D eigenvalue weighted by Gasteiger charge is 2.42. The zero-order chi connectivity index (χ0) is 16.7. The Bertz CT molecular complexity index is 515. The number of piperidine rings is 1. The molecule has 0 aromatic heterocycles. The maximum absolute atomic E-state index is 13.2. The first-order chi connectivity index (χ1) is 11.1. The molecular weight excluding hydrogens is 312 g/mol. The molecule has 0 radical (unpaired) electrons. The number of carbonyl (C=O) groups excluding carboxylic acids is 1. The third-order valence-corrected chi connectivity index (χ3v) is 4.95. The van der Waals surface area contributed by atoms with Crippen LogP contribution in [0.3, 0.4) is 0 Å². The lowest BCUT2D eigenvalue weighted by Gasteiger charge is -2.39. The first-order valence-electron chi connectivity index (χ1n) is 8.41. The molecule has 1 aromatic carbocycles. The second-order valence-corrected chi connectivity index (χ2v) is 6.53. The van der Waals surface area contributed by atoms with Crippen LogP contribution >= 0.6 is 11.6 Å². The predicted molar refractivity (Wildman–Crippen MR) is 93.6 cm³/mol. The summed E-state index contributed by atoms with van der Waals surface area (Å²) in [7, 11) is 1.65. The first-order valence-corrected chi connectivity index (χ1v) is 8.79. The van der Waals surface area contributed by atoms with Gasteiger partial charge in [0.2, 0.25) is 0 Å². The van der Waals surface area contributed by atoms with Gasteiger partial charge in [0.15, 0.2) is 0 Å². The van der Waals surface area contributed by atoms with Crippen LogP contribution in [0.5, 0.6) is 0 Å². The summed E-state index contributed by atoms with van der Waals surface area (Å²) in [4.78, 5) is 15.1. The largest absolute Gasteiger partial charge is 0.368 e. The molecule has 1 N–H and O–H groups in total. The zero-order valence-electron chi connectivity index (χ0n) is 14.1. The van der Waals surface area contributed by atoms with Gasteiger partial charge in [-0.05, 0) is 44.0 Å². The lowest BCUT2D eigenvalue weighted by Crippen LogP contribution is -2.55. The van der Waals surface area contributed by atoms with Crippen LogP contribution in [0.2, 0.25) is 5.02 Å². The Labute approximate surface area is 144 Å². The van der Waals surface area contributed by atoms with Crippen molar-refractivity contribution < 1.29 is 9.53 Å². The van der Waals surface area contributed by atoms with Gasteiger partial charge in [0, 0.05) is 25.2 Å². The van der Waals surface area contributed by atoms with Crippen LogP contribution in [-0.2, 0) is 16.1 Å². The summed E-state index contributed by atoms with van der Waals surface area (Å²) in [6, 6.07) is 7.72. The topological polar surface area (TPSA) is 41.6 Å². The van der Waals surface area contributed by atoms with Gasteiger partial charge in [0.05, 0.1) is 0 Å². The van der Waals surface area contributed by atoms with E-state index in [0.29, 0.717) is 24.4 Å². The van der Waals surface area contributed by atoms with E-state index in [1.165, 1.54) is 0 Å². The minimum atomic E-state index is -0.694. The monoisotopic (exact) mass is 338 g/mol. The molecular formula is C18H27ClN2O2. The van der Waals surface area contributed by atoms with Crippen LogP contribution in [0, 0.1) is 0 Å². The van der Waals surface area contributed by atoms with E-state index in [4.69, 9.17) is 16.3 Å². The summed E-state index contributed by atoms with van der Waals surface area (Å²) >= 11 is 6.28. The van der Waals surface area contributed by atoms with Crippen LogP contribution in [0.25, 0.3) is 0 Å². The fourth-order valence-electron chi connectivity index (χ4n) is 3.06. The number of nitrogens with one attached hydrogen (secondary N) is 1. The van der Waals surface area contributed by atoms with E-state index in [2.05, 4.69) is 12.2 Å². The summed E-state index contributed by atoms with van der Waals surface area (Å²) in [6.07, 6.45) is 3.46. The Morgan fingerprint density at radius 1 is 1.35 bits per heavy atom. The van der Waals surface area contributed by atoms with Crippen LogP contribution in [-0.4, -0.2) is 43.2 Å². The zero-order valence-corrected chi connectivity index (χ0v) is 14.9. The van der Waals surface area contributed by atoms with Gasteiger partial charge in [-0.15, -0.1) is 0 Å². The van der Waals surface area contributed by atoms with Gasteiger partial charge in [0.25, 0.3) is 5.91 Å². The van der Waals surface area contributed by atoms with E-state index in [9.17, 15) is 4.79 Å². The highest BCUT2D eigenvalue weighted by Crippen LogP contribution is 2.27. The maximum atomic E-state index is 13.2. The maximum Gasteiger partial charge on any atom is 0.255 e. The molecule has 5 heteroatoms. The van der Waals surface area contributed by atoms with Gasteiger partial charge in [-0.25, -0.2) is 0 Å². The molecule has 1 aliphatic rings. The van der Waals surface area contributed by atoms with Crippen LogP contribution in [0.15, 0.2) is 24.3 Å². The minimum Gasteiger partial charge on any atom is -0.368 e. The van der Waals surface area contributed by atoms with Crippen molar-refractivity contribution in [2.24, 2.45) is 0 Å². The lowest BCUT2D eigenvalue weighted by molar-refractivity contribution is -0.159. The number of rotatable bonds is 7. The molecule has 0 saturated carbocycles. The Balaban J connectivity index is 2.19. The molecule has 1 amide bonds. The van der Waals surface area contributed by atoms with Crippen molar-refractivity contribution in [3.8, 4) is 0 Å². The Hall–Kier alpha value is -1.10. The number of carbonyl (C=O) groups is 1. The van der Waals surface area contributed by atoms with Crippen molar-refractivity contribution in [1.29, 1.82) is 0 Å². The lowest BCUT2D eigenvalue weighted by atomic mass is 9.90. The van der Waals surface area contributed by atoms with E-state index in [-0.39, 0.29) is 5.91 Å². The van der Waals surface area contributed by atoms with Crippen LogP contribution < -0.4 is 5.32 Å². The molecule has 1 fully saturated rings. The molecule has 2 rings (SSSR count). The predicted octanol–water partition coefficient (Wildman–Crippen LogP) is 3.24. The summed E-state index contributed by atoms with van der Waals surface area (Å²) in [5.74, 6) is 0.0925. The summed E-state index contributed by atoms with van der Waals surface area (Å²) in [6.45, 7) is 5.03. The average molecular weight is 339 g/mol. The van der Waals surface area contributed by atoms with Crippen LogP contribution in [0.1, 0.15) is 38.2 Å². The van der Waals surface area contributed by atoms with E-state index >= 15 is 0 Å². The highest BCUT2D eigenvalue weighted by atomic mass is 35.5. The van der Waals surface area contributed by atoms with Crippen molar-refractivity contribution in [3.05, 3.63) is 34.9 Å². The number of nitrogens with zero attached hydrogens (tertiary/aromatic N) is 1. The molecule has 1 aliphatic heterocycles. The summed E-state index contributed by atoms with van der Waals surface area (Å²) in [5.41, 5.74) is 0.291. The Morgan fingerprint density at radius 2 is 2.04 bits per heavy atom. The third kappa shape index (κ3) is 4.46. The standard InChI is InChI=1S/C18H27ClN2O2/c1-3-4-13-21(14-15-7-5-6-8-16(15)19)17(22)18(23-2)9-11-20-12-10-18/h5-8,20H,3-4,9-14H2,1-2H3. The molecule has 4 nitrogen and oxygen atoms in total. The van der Waals surface area contributed by atoms with E-state index < -0.39 is 5.60 Å². The Kier molecular flexibility index (Phi) is 6.88. The summed E-state index contributed by atoms with van der Waals surface area (Å²) in [5, 5.41) is 4.00. The summed E-state index contributed by atoms with van der Waals surface area (Å²) < 4.78 is 5.71. The van der Waals surface area contributed by atoms with E-state index in [1.54, 1.807) is 7.11 Å². The molecule has 128 valence electrons. The minimum absolute atomic E-state index is 0.0925. The van der Waals surface area contributed by atoms with Crippen molar-refractivity contribution >= 4 is 17.5 Å². The van der Waals surface area contributed by atoms with E-state index in [0.717, 1.165) is 38.0 Å². The fourth-order valence-corrected chi connectivity index (χ4v) is 3.25. The second kappa shape index (κ2) is 8.67. The molecule has 1 heterocycles. The smallest absolute Gasteiger partial charge is 0.255 e. The molecule has 0 spiro atoms. The Morgan fingerprint density at radius 3 is 2.65 bits per heavy atom. The van der Waals surface area contributed by atoms with Gasteiger partial charge in [0.1, 0.15) is 5.60 Å². The van der Waals surface area contributed by atoms with Gasteiger partial charge in [-0.3, -0.25) is 4.79 Å². The van der Waals surface area contributed by atoms with E-state index in [1.807, 2.05) is 29.2 Å². The molecule has 23 heavy (non-hydrogen) atoms. The van der Waals surface area contributed by atoms with Gasteiger partial charge in [-0.2, -0.15) is 0 Å². The third-order valence-electron chi connectivity index (χ3n) is 4.58. The number of halogens is 1.